The largest absolute Gasteiger partial charge is 0.462 e. The summed E-state index contributed by atoms with van der Waals surface area (Å²) in [6, 6.07) is 0. The van der Waals surface area contributed by atoms with Crippen molar-refractivity contribution in [3.05, 3.63) is 60.8 Å². The first-order chi connectivity index (χ1) is 38.0. The Kier molecular flexibility index (Phi) is 63.2. The van der Waals surface area contributed by atoms with Gasteiger partial charge in [0.1, 0.15) is 13.2 Å². The lowest BCUT2D eigenvalue weighted by atomic mass is 10.0. The zero-order valence-electron chi connectivity index (χ0n) is 51.5. The number of allylic oxidation sites excluding steroid dienone is 10. The number of unbranched alkanes of at least 4 members (excludes halogenated alkanes) is 41. The molecule has 0 saturated carbocycles. The predicted octanol–water partition coefficient (Wildman–Crippen LogP) is 23.1. The molecule has 0 N–H and O–H groups in total. The SMILES string of the molecule is CC/C=C\C/C=C\C/C=C\C/C=C\C/C=C\CCCCCCCCCCCCCCCC(=O)OCC(COC(=O)CCCCCCCCC)OC(=O)CCCCCCCCCCCCCCCCCCCCCCCCC. The molecule has 0 saturated heterocycles. The Bertz CT molecular complexity index is 1380. The van der Waals surface area contributed by atoms with E-state index in [0.717, 1.165) is 89.9 Å². The van der Waals surface area contributed by atoms with Gasteiger partial charge in [-0.25, -0.2) is 0 Å². The number of rotatable bonds is 62. The summed E-state index contributed by atoms with van der Waals surface area (Å²) in [5.41, 5.74) is 0. The number of carbonyl (C=O) groups is 3. The number of carbonyl (C=O) groups excluding carboxylic acids is 3. The molecule has 0 aromatic heterocycles. The van der Waals surface area contributed by atoms with E-state index in [1.807, 2.05) is 0 Å². The van der Waals surface area contributed by atoms with Gasteiger partial charge in [-0.15, -0.1) is 0 Å². The highest BCUT2D eigenvalue weighted by Gasteiger charge is 2.19. The molecule has 448 valence electrons. The van der Waals surface area contributed by atoms with Crippen molar-refractivity contribution in [2.45, 2.75) is 361 Å². The molecular weight excluding hydrogens is 949 g/mol. The third kappa shape index (κ3) is 63.8. The van der Waals surface area contributed by atoms with Gasteiger partial charge in [0, 0.05) is 19.3 Å². The van der Waals surface area contributed by atoms with Crippen molar-refractivity contribution in [3.8, 4) is 0 Å². The van der Waals surface area contributed by atoms with Gasteiger partial charge in [-0.05, 0) is 64.2 Å². The van der Waals surface area contributed by atoms with Gasteiger partial charge in [0.15, 0.2) is 6.10 Å². The molecule has 0 aliphatic rings. The van der Waals surface area contributed by atoms with Crippen molar-refractivity contribution in [1.29, 1.82) is 0 Å². The summed E-state index contributed by atoms with van der Waals surface area (Å²) >= 11 is 0. The smallest absolute Gasteiger partial charge is 0.306 e. The van der Waals surface area contributed by atoms with Crippen LogP contribution in [0.25, 0.3) is 0 Å². The van der Waals surface area contributed by atoms with Gasteiger partial charge in [-0.1, -0.05) is 332 Å². The van der Waals surface area contributed by atoms with Gasteiger partial charge in [0.2, 0.25) is 0 Å². The van der Waals surface area contributed by atoms with Crippen molar-refractivity contribution in [2.24, 2.45) is 0 Å². The highest BCUT2D eigenvalue weighted by molar-refractivity contribution is 5.71. The van der Waals surface area contributed by atoms with E-state index in [9.17, 15) is 14.4 Å². The molecule has 6 heteroatoms. The Morgan fingerprint density at radius 1 is 0.273 bits per heavy atom. The number of hydrogen-bond acceptors (Lipinski definition) is 6. The lowest BCUT2D eigenvalue weighted by Crippen LogP contribution is -2.30. The highest BCUT2D eigenvalue weighted by Crippen LogP contribution is 2.18. The number of esters is 3. The van der Waals surface area contributed by atoms with Crippen molar-refractivity contribution in [3.63, 3.8) is 0 Å². The van der Waals surface area contributed by atoms with E-state index in [4.69, 9.17) is 14.2 Å². The Hall–Kier alpha value is -2.89. The van der Waals surface area contributed by atoms with Gasteiger partial charge in [-0.3, -0.25) is 14.4 Å². The second-order valence-corrected chi connectivity index (χ2v) is 22.7. The maximum absolute atomic E-state index is 12.9. The number of hydrogen-bond donors (Lipinski definition) is 0. The summed E-state index contributed by atoms with van der Waals surface area (Å²) in [7, 11) is 0. The molecule has 0 amide bonds. The second kappa shape index (κ2) is 65.6. The molecule has 77 heavy (non-hydrogen) atoms. The van der Waals surface area contributed by atoms with E-state index in [-0.39, 0.29) is 31.1 Å². The minimum Gasteiger partial charge on any atom is -0.462 e. The molecule has 0 spiro atoms. The zero-order valence-corrected chi connectivity index (χ0v) is 51.5. The first-order valence-electron chi connectivity index (χ1n) is 33.8. The van der Waals surface area contributed by atoms with Crippen LogP contribution in [-0.2, 0) is 28.6 Å². The normalized spacial score (nSPS) is 12.4. The standard InChI is InChI=1S/C71H128O6/c1-4-7-10-13-16-18-20-22-24-26-28-30-32-33-34-35-36-37-39-40-42-44-46-48-50-52-55-58-61-64-70(73)76-67-68(66-75-69(72)63-60-57-54-15-12-9-6-3)77-71(74)65-62-59-56-53-51-49-47-45-43-41-38-31-29-27-25-23-21-19-17-14-11-8-5-2/h7,10,16,18,22,24,28,30,33-34,68H,4-6,8-9,11-15,17,19-21,23,25-27,29,31-32,35-67H2,1-3H3/b10-7-,18-16-,24-22-,30-28-,34-33-. The quantitative estimate of drug-likeness (QED) is 0.0261. The Labute approximate surface area is 479 Å². The molecule has 0 aromatic rings. The summed E-state index contributed by atoms with van der Waals surface area (Å²) < 4.78 is 16.9. The first-order valence-corrected chi connectivity index (χ1v) is 33.8. The average Bonchev–Trinajstić information content (AvgIpc) is 3.43. The lowest BCUT2D eigenvalue weighted by Gasteiger charge is -2.18. The summed E-state index contributed by atoms with van der Waals surface area (Å²) in [6.07, 6.45) is 84.1. The maximum atomic E-state index is 12.9. The van der Waals surface area contributed by atoms with Crippen molar-refractivity contribution in [2.75, 3.05) is 13.2 Å². The van der Waals surface area contributed by atoms with E-state index in [2.05, 4.69) is 81.5 Å². The number of ether oxygens (including phenoxy) is 3. The Balaban J connectivity index is 4.06. The molecule has 1 atom stereocenters. The third-order valence-electron chi connectivity index (χ3n) is 15.0. The zero-order chi connectivity index (χ0) is 55.7. The molecule has 0 aromatic carbocycles. The van der Waals surface area contributed by atoms with Gasteiger partial charge < -0.3 is 14.2 Å². The van der Waals surface area contributed by atoms with Crippen LogP contribution in [0.15, 0.2) is 60.8 Å². The fourth-order valence-corrected chi connectivity index (χ4v) is 10.0. The van der Waals surface area contributed by atoms with Gasteiger partial charge in [-0.2, -0.15) is 0 Å². The molecule has 0 heterocycles. The molecular formula is C71H128O6. The Morgan fingerprint density at radius 3 is 0.792 bits per heavy atom. The van der Waals surface area contributed by atoms with Crippen LogP contribution in [0.3, 0.4) is 0 Å². The van der Waals surface area contributed by atoms with E-state index >= 15 is 0 Å². The van der Waals surface area contributed by atoms with Crippen LogP contribution in [0.2, 0.25) is 0 Å². The summed E-state index contributed by atoms with van der Waals surface area (Å²) in [5, 5.41) is 0. The molecule has 0 aliphatic heterocycles. The van der Waals surface area contributed by atoms with Gasteiger partial charge in [0.05, 0.1) is 0 Å². The first kappa shape index (κ1) is 74.1. The third-order valence-corrected chi connectivity index (χ3v) is 15.0. The molecule has 0 rings (SSSR count). The van der Waals surface area contributed by atoms with Crippen molar-refractivity contribution in [1.82, 2.24) is 0 Å². The van der Waals surface area contributed by atoms with Gasteiger partial charge >= 0.3 is 17.9 Å². The summed E-state index contributed by atoms with van der Waals surface area (Å²) in [5.74, 6) is -0.856. The lowest BCUT2D eigenvalue weighted by molar-refractivity contribution is -0.167. The maximum Gasteiger partial charge on any atom is 0.306 e. The minimum absolute atomic E-state index is 0.0693. The van der Waals surface area contributed by atoms with Crippen LogP contribution < -0.4 is 0 Å². The topological polar surface area (TPSA) is 78.9 Å². The highest BCUT2D eigenvalue weighted by atomic mass is 16.6. The average molecular weight is 1080 g/mol. The van der Waals surface area contributed by atoms with E-state index in [0.29, 0.717) is 19.3 Å². The molecule has 0 aliphatic carbocycles. The fourth-order valence-electron chi connectivity index (χ4n) is 10.0. The summed E-state index contributed by atoms with van der Waals surface area (Å²) in [6.45, 7) is 6.54. The summed E-state index contributed by atoms with van der Waals surface area (Å²) in [4.78, 5) is 38.1. The van der Waals surface area contributed by atoms with Gasteiger partial charge in [0.25, 0.3) is 0 Å². The van der Waals surface area contributed by atoms with E-state index < -0.39 is 6.10 Å². The van der Waals surface area contributed by atoms with Crippen molar-refractivity contribution >= 4 is 17.9 Å². The van der Waals surface area contributed by atoms with E-state index in [1.165, 1.54) is 225 Å². The van der Waals surface area contributed by atoms with E-state index in [1.54, 1.807) is 0 Å². The van der Waals surface area contributed by atoms with Crippen LogP contribution in [0.5, 0.6) is 0 Å². The Morgan fingerprint density at radius 2 is 0.506 bits per heavy atom. The molecule has 0 radical (unpaired) electrons. The predicted molar refractivity (Wildman–Crippen MR) is 335 cm³/mol. The minimum atomic E-state index is -0.769. The van der Waals surface area contributed by atoms with Crippen LogP contribution in [0, 0.1) is 0 Å². The second-order valence-electron chi connectivity index (χ2n) is 22.7. The molecule has 6 nitrogen and oxygen atoms in total. The fraction of sp³-hybridized carbons (Fsp3) is 0.817. The van der Waals surface area contributed by atoms with Crippen LogP contribution in [-0.4, -0.2) is 37.2 Å². The molecule has 0 bridgehead atoms. The molecule has 0 fully saturated rings. The monoisotopic (exact) mass is 1080 g/mol. The molecule has 1 unspecified atom stereocenters. The van der Waals surface area contributed by atoms with Crippen molar-refractivity contribution < 1.29 is 28.6 Å². The van der Waals surface area contributed by atoms with Crippen LogP contribution >= 0.6 is 0 Å². The van der Waals surface area contributed by atoms with Crippen LogP contribution in [0.1, 0.15) is 355 Å². The van der Waals surface area contributed by atoms with Crippen LogP contribution in [0.4, 0.5) is 0 Å².